The largest absolute Gasteiger partial charge is 0.378 e. The van der Waals surface area contributed by atoms with Gasteiger partial charge in [-0.25, -0.2) is 4.39 Å². The Bertz CT molecular complexity index is 879. The van der Waals surface area contributed by atoms with Crippen molar-refractivity contribution in [2.45, 2.75) is 44.4 Å². The van der Waals surface area contributed by atoms with Crippen LogP contribution in [0.3, 0.4) is 0 Å². The van der Waals surface area contributed by atoms with E-state index in [2.05, 4.69) is 34.1 Å². The summed E-state index contributed by atoms with van der Waals surface area (Å²) in [7, 11) is 4.09. The van der Waals surface area contributed by atoms with Gasteiger partial charge in [0.05, 0.1) is 12.7 Å². The minimum atomic E-state index is -0.321. The molecule has 1 aliphatic heterocycles. The molecule has 1 heterocycles. The maximum atomic E-state index is 13.4. The quantitative estimate of drug-likeness (QED) is 0.649. The predicted molar refractivity (Wildman–Crippen MR) is 125 cm³/mol. The standard InChI is InChI=1S/C26H34FN3O2/c1-28(2)23-13-7-20(8-14-23)17-29-15-16-32-25(18-29)19-30(24-5-3-4-6-24)26(31)21-9-11-22(27)12-10-21/h7-14,24-25H,3-6,15-19H2,1-2H3. The Morgan fingerprint density at radius 1 is 1.06 bits per heavy atom. The van der Waals surface area contributed by atoms with Gasteiger partial charge in [0, 0.05) is 57.6 Å². The normalized spacial score (nSPS) is 19.8. The van der Waals surface area contributed by atoms with Gasteiger partial charge in [-0.05, 0) is 54.8 Å². The van der Waals surface area contributed by atoms with Gasteiger partial charge in [-0.2, -0.15) is 0 Å². The first-order valence-electron chi connectivity index (χ1n) is 11.7. The summed E-state index contributed by atoms with van der Waals surface area (Å²) in [6.45, 7) is 3.82. The van der Waals surface area contributed by atoms with Crippen LogP contribution in [0, 0.1) is 5.82 Å². The van der Waals surface area contributed by atoms with E-state index < -0.39 is 0 Å². The molecular weight excluding hydrogens is 405 g/mol. The molecule has 1 aliphatic carbocycles. The first kappa shape index (κ1) is 22.7. The van der Waals surface area contributed by atoms with E-state index in [4.69, 9.17) is 4.74 Å². The van der Waals surface area contributed by atoms with Crippen LogP contribution in [0.15, 0.2) is 48.5 Å². The lowest BCUT2D eigenvalue weighted by Crippen LogP contribution is -2.50. The number of anilines is 1. The predicted octanol–water partition coefficient (Wildman–Crippen LogP) is 4.18. The van der Waals surface area contributed by atoms with Gasteiger partial charge in [0.25, 0.3) is 5.91 Å². The van der Waals surface area contributed by atoms with E-state index in [0.29, 0.717) is 18.7 Å². The third kappa shape index (κ3) is 5.67. The molecule has 0 spiro atoms. The third-order valence-electron chi connectivity index (χ3n) is 6.60. The highest BCUT2D eigenvalue weighted by molar-refractivity contribution is 5.94. The molecule has 172 valence electrons. The fourth-order valence-corrected chi connectivity index (χ4v) is 4.78. The van der Waals surface area contributed by atoms with E-state index in [-0.39, 0.29) is 23.9 Å². The molecule has 0 bridgehead atoms. The number of benzene rings is 2. The Morgan fingerprint density at radius 2 is 1.75 bits per heavy atom. The SMILES string of the molecule is CN(C)c1ccc(CN2CCOC(CN(C(=O)c3ccc(F)cc3)C3CCCC3)C2)cc1. The molecule has 4 rings (SSSR count). The molecule has 2 fully saturated rings. The average Bonchev–Trinajstić information content (AvgIpc) is 3.33. The maximum absolute atomic E-state index is 13.4. The second-order valence-electron chi connectivity index (χ2n) is 9.19. The van der Waals surface area contributed by atoms with Gasteiger partial charge in [0.15, 0.2) is 0 Å². The maximum Gasteiger partial charge on any atom is 0.254 e. The Hall–Kier alpha value is -2.44. The molecule has 2 aliphatic rings. The van der Waals surface area contributed by atoms with Gasteiger partial charge in [0.1, 0.15) is 5.82 Å². The molecule has 1 amide bonds. The smallest absolute Gasteiger partial charge is 0.254 e. The van der Waals surface area contributed by atoms with Crippen molar-refractivity contribution < 1.29 is 13.9 Å². The van der Waals surface area contributed by atoms with Crippen LogP contribution in [0.1, 0.15) is 41.6 Å². The van der Waals surface area contributed by atoms with Crippen molar-refractivity contribution in [3.8, 4) is 0 Å². The topological polar surface area (TPSA) is 36.0 Å². The molecule has 1 saturated carbocycles. The van der Waals surface area contributed by atoms with Crippen molar-refractivity contribution in [2.24, 2.45) is 0 Å². The summed E-state index contributed by atoms with van der Waals surface area (Å²) in [6, 6.07) is 14.8. The van der Waals surface area contributed by atoms with E-state index >= 15 is 0 Å². The van der Waals surface area contributed by atoms with Crippen molar-refractivity contribution in [1.82, 2.24) is 9.80 Å². The Kier molecular flexibility index (Phi) is 7.43. The Labute approximate surface area is 190 Å². The average molecular weight is 440 g/mol. The first-order chi connectivity index (χ1) is 15.5. The van der Waals surface area contributed by atoms with E-state index in [1.54, 1.807) is 12.1 Å². The molecule has 5 nitrogen and oxygen atoms in total. The van der Waals surface area contributed by atoms with Crippen molar-refractivity contribution in [3.05, 3.63) is 65.5 Å². The van der Waals surface area contributed by atoms with Crippen LogP contribution in [0.4, 0.5) is 10.1 Å². The van der Waals surface area contributed by atoms with Gasteiger partial charge >= 0.3 is 0 Å². The van der Waals surface area contributed by atoms with Crippen LogP contribution in [0.25, 0.3) is 0 Å². The zero-order valence-corrected chi connectivity index (χ0v) is 19.2. The number of hydrogen-bond donors (Lipinski definition) is 0. The van der Waals surface area contributed by atoms with Crippen molar-refractivity contribution in [1.29, 1.82) is 0 Å². The van der Waals surface area contributed by atoms with Crippen LogP contribution in [-0.4, -0.2) is 68.2 Å². The molecule has 1 unspecified atom stereocenters. The summed E-state index contributed by atoms with van der Waals surface area (Å²) in [5.74, 6) is -0.337. The molecule has 1 atom stereocenters. The lowest BCUT2D eigenvalue weighted by Gasteiger charge is -2.38. The number of carbonyl (C=O) groups is 1. The fourth-order valence-electron chi connectivity index (χ4n) is 4.78. The number of ether oxygens (including phenoxy) is 1. The summed E-state index contributed by atoms with van der Waals surface area (Å²) >= 11 is 0. The van der Waals surface area contributed by atoms with Gasteiger partial charge in [-0.1, -0.05) is 25.0 Å². The molecule has 0 radical (unpaired) electrons. The van der Waals surface area contributed by atoms with Crippen molar-refractivity contribution in [2.75, 3.05) is 45.2 Å². The van der Waals surface area contributed by atoms with E-state index in [1.165, 1.54) is 23.4 Å². The van der Waals surface area contributed by atoms with E-state index in [0.717, 1.165) is 45.3 Å². The zero-order valence-electron chi connectivity index (χ0n) is 19.2. The molecular formula is C26H34FN3O2. The highest BCUT2D eigenvalue weighted by Gasteiger charge is 2.31. The second kappa shape index (κ2) is 10.5. The lowest BCUT2D eigenvalue weighted by atomic mass is 10.1. The molecule has 6 heteroatoms. The number of nitrogens with zero attached hydrogens (tertiary/aromatic N) is 3. The number of carbonyl (C=O) groups excluding carboxylic acids is 1. The fraction of sp³-hybridized carbons (Fsp3) is 0.500. The summed E-state index contributed by atoms with van der Waals surface area (Å²) in [4.78, 5) is 19.8. The summed E-state index contributed by atoms with van der Waals surface area (Å²) in [5, 5.41) is 0. The number of hydrogen-bond acceptors (Lipinski definition) is 4. The van der Waals surface area contributed by atoms with Crippen molar-refractivity contribution in [3.63, 3.8) is 0 Å². The van der Waals surface area contributed by atoms with Gasteiger partial charge in [0.2, 0.25) is 0 Å². The van der Waals surface area contributed by atoms with Crippen molar-refractivity contribution >= 4 is 11.6 Å². The van der Waals surface area contributed by atoms with Gasteiger partial charge < -0.3 is 14.5 Å². The molecule has 0 N–H and O–H groups in total. The van der Waals surface area contributed by atoms with E-state index in [9.17, 15) is 9.18 Å². The monoisotopic (exact) mass is 439 g/mol. The summed E-state index contributed by atoms with van der Waals surface area (Å²) in [5.41, 5.74) is 3.03. The molecule has 2 aromatic rings. The highest BCUT2D eigenvalue weighted by atomic mass is 19.1. The summed E-state index contributed by atoms with van der Waals surface area (Å²) < 4.78 is 19.4. The molecule has 32 heavy (non-hydrogen) atoms. The Morgan fingerprint density at radius 3 is 2.41 bits per heavy atom. The zero-order chi connectivity index (χ0) is 22.5. The second-order valence-corrected chi connectivity index (χ2v) is 9.19. The minimum absolute atomic E-state index is 0.0168. The van der Waals surface area contributed by atoms with Crippen LogP contribution in [-0.2, 0) is 11.3 Å². The lowest BCUT2D eigenvalue weighted by molar-refractivity contribution is -0.0468. The molecule has 0 aromatic heterocycles. The highest BCUT2D eigenvalue weighted by Crippen LogP contribution is 2.26. The first-order valence-corrected chi connectivity index (χ1v) is 11.7. The van der Waals surface area contributed by atoms with Gasteiger partial charge in [-0.15, -0.1) is 0 Å². The van der Waals surface area contributed by atoms with E-state index in [1.807, 2.05) is 19.0 Å². The molecule has 2 aromatic carbocycles. The van der Waals surface area contributed by atoms with Crippen LogP contribution < -0.4 is 4.90 Å². The Balaban J connectivity index is 1.41. The molecule has 1 saturated heterocycles. The number of rotatable bonds is 7. The third-order valence-corrected chi connectivity index (χ3v) is 6.60. The van der Waals surface area contributed by atoms with Crippen LogP contribution >= 0.6 is 0 Å². The van der Waals surface area contributed by atoms with Gasteiger partial charge in [-0.3, -0.25) is 9.69 Å². The number of halogens is 1. The summed E-state index contributed by atoms with van der Waals surface area (Å²) in [6.07, 6.45) is 4.34. The van der Waals surface area contributed by atoms with Crippen LogP contribution in [0.2, 0.25) is 0 Å². The van der Waals surface area contributed by atoms with Crippen LogP contribution in [0.5, 0.6) is 0 Å². The number of amides is 1. The minimum Gasteiger partial charge on any atom is -0.378 e. The number of morpholine rings is 1.